The van der Waals surface area contributed by atoms with Crippen LogP contribution in [0.1, 0.15) is 24.0 Å². The molecule has 0 spiro atoms. The van der Waals surface area contributed by atoms with Gasteiger partial charge in [0.2, 0.25) is 0 Å². The molecule has 3 aromatic heterocycles. The molecular formula is C22H27N5O. The lowest BCUT2D eigenvalue weighted by atomic mass is 10.2. The molecule has 1 N–H and O–H groups in total. The number of pyridine rings is 3. The average molecular weight is 377 g/mol. The third kappa shape index (κ3) is 6.49. The topological polar surface area (TPSA) is 65.4 Å². The Balaban J connectivity index is 1.66. The maximum atomic E-state index is 10.2. The van der Waals surface area contributed by atoms with E-state index in [2.05, 4.69) is 19.9 Å². The molecular weight excluding hydrogens is 350 g/mol. The van der Waals surface area contributed by atoms with Crippen molar-refractivity contribution in [2.45, 2.75) is 32.8 Å². The van der Waals surface area contributed by atoms with Gasteiger partial charge in [0.25, 0.3) is 0 Å². The molecule has 3 aromatic rings. The predicted molar refractivity (Wildman–Crippen MR) is 109 cm³/mol. The van der Waals surface area contributed by atoms with Gasteiger partial charge in [0.15, 0.2) is 0 Å². The van der Waals surface area contributed by atoms with Crippen LogP contribution in [0, 0.1) is 0 Å². The van der Waals surface area contributed by atoms with Crippen molar-refractivity contribution in [1.29, 1.82) is 0 Å². The summed E-state index contributed by atoms with van der Waals surface area (Å²) in [5, 5.41) is 10.2. The van der Waals surface area contributed by atoms with Crippen molar-refractivity contribution in [1.82, 2.24) is 24.8 Å². The molecule has 6 heteroatoms. The van der Waals surface area contributed by atoms with E-state index in [1.54, 1.807) is 13.1 Å². The van der Waals surface area contributed by atoms with E-state index >= 15 is 0 Å². The second-order valence-electron chi connectivity index (χ2n) is 6.78. The highest BCUT2D eigenvalue weighted by atomic mass is 16.3. The van der Waals surface area contributed by atoms with Gasteiger partial charge in [-0.3, -0.25) is 24.8 Å². The molecule has 0 aliphatic rings. The second kappa shape index (κ2) is 10.6. The van der Waals surface area contributed by atoms with Crippen molar-refractivity contribution >= 4 is 0 Å². The van der Waals surface area contributed by atoms with Gasteiger partial charge < -0.3 is 5.11 Å². The van der Waals surface area contributed by atoms with Crippen molar-refractivity contribution in [3.05, 3.63) is 90.3 Å². The summed E-state index contributed by atoms with van der Waals surface area (Å²) in [6.07, 6.45) is 4.87. The maximum Gasteiger partial charge on any atom is 0.104 e. The van der Waals surface area contributed by atoms with Crippen LogP contribution >= 0.6 is 0 Å². The van der Waals surface area contributed by atoms with E-state index in [1.165, 1.54) is 0 Å². The number of nitrogens with zero attached hydrogens (tertiary/aromatic N) is 5. The first-order valence-electron chi connectivity index (χ1n) is 9.55. The summed E-state index contributed by atoms with van der Waals surface area (Å²) in [5.74, 6) is 0. The first kappa shape index (κ1) is 20.1. The Morgan fingerprint density at radius 1 is 0.714 bits per heavy atom. The Bertz CT molecular complexity index is 757. The zero-order valence-electron chi connectivity index (χ0n) is 16.2. The van der Waals surface area contributed by atoms with Crippen molar-refractivity contribution in [3.63, 3.8) is 0 Å². The Morgan fingerprint density at radius 3 is 1.57 bits per heavy atom. The van der Waals surface area contributed by atoms with Gasteiger partial charge in [0.05, 0.1) is 17.1 Å². The molecule has 3 heterocycles. The van der Waals surface area contributed by atoms with Crippen LogP contribution in [0.25, 0.3) is 0 Å². The summed E-state index contributed by atoms with van der Waals surface area (Å²) in [5.41, 5.74) is 2.99. The molecule has 0 radical (unpaired) electrons. The monoisotopic (exact) mass is 377 g/mol. The number of aliphatic hydroxyl groups excluding tert-OH is 1. The van der Waals surface area contributed by atoms with Crippen LogP contribution in [0.15, 0.2) is 73.2 Å². The summed E-state index contributed by atoms with van der Waals surface area (Å²) >= 11 is 0. The molecule has 28 heavy (non-hydrogen) atoms. The molecule has 0 aliphatic carbocycles. The Hall–Kier alpha value is -2.67. The Labute approximate surface area is 166 Å². The Morgan fingerprint density at radius 2 is 1.18 bits per heavy atom. The molecule has 0 amide bonds. The van der Waals surface area contributed by atoms with Crippen LogP contribution in [0.4, 0.5) is 0 Å². The molecule has 0 aromatic carbocycles. The van der Waals surface area contributed by atoms with E-state index < -0.39 is 6.23 Å². The van der Waals surface area contributed by atoms with Gasteiger partial charge in [0.1, 0.15) is 6.23 Å². The van der Waals surface area contributed by atoms with Crippen molar-refractivity contribution in [2.75, 3.05) is 13.1 Å². The van der Waals surface area contributed by atoms with E-state index in [-0.39, 0.29) is 0 Å². The minimum atomic E-state index is -0.548. The van der Waals surface area contributed by atoms with E-state index in [9.17, 15) is 5.11 Å². The van der Waals surface area contributed by atoms with Crippen molar-refractivity contribution in [3.8, 4) is 0 Å². The first-order chi connectivity index (χ1) is 13.7. The number of aromatic nitrogens is 3. The average Bonchev–Trinajstić information content (AvgIpc) is 2.73. The van der Waals surface area contributed by atoms with E-state index in [0.29, 0.717) is 13.1 Å². The summed E-state index contributed by atoms with van der Waals surface area (Å²) < 4.78 is 0. The SMILES string of the molecule is CC(O)N(CCN(Cc1ccccn1)Cc1ccccn1)Cc1ccccn1. The molecule has 1 atom stereocenters. The zero-order valence-corrected chi connectivity index (χ0v) is 16.2. The molecule has 0 fully saturated rings. The van der Waals surface area contributed by atoms with E-state index in [0.717, 1.165) is 36.7 Å². The molecule has 0 saturated heterocycles. The van der Waals surface area contributed by atoms with Crippen LogP contribution < -0.4 is 0 Å². The molecule has 3 rings (SSSR count). The van der Waals surface area contributed by atoms with Gasteiger partial charge in [-0.1, -0.05) is 18.2 Å². The van der Waals surface area contributed by atoms with Crippen LogP contribution in [-0.2, 0) is 19.6 Å². The van der Waals surface area contributed by atoms with Crippen LogP contribution in [-0.4, -0.2) is 49.2 Å². The molecule has 146 valence electrons. The van der Waals surface area contributed by atoms with Crippen LogP contribution in [0.2, 0.25) is 0 Å². The number of aliphatic hydroxyl groups is 1. The fourth-order valence-corrected chi connectivity index (χ4v) is 3.02. The van der Waals surface area contributed by atoms with Gasteiger partial charge in [-0.2, -0.15) is 0 Å². The number of rotatable bonds is 10. The van der Waals surface area contributed by atoms with E-state index in [1.807, 2.05) is 71.9 Å². The van der Waals surface area contributed by atoms with Crippen LogP contribution in [0.5, 0.6) is 0 Å². The van der Waals surface area contributed by atoms with Gasteiger partial charge in [-0.25, -0.2) is 0 Å². The van der Waals surface area contributed by atoms with Gasteiger partial charge in [-0.05, 0) is 43.3 Å². The molecule has 0 bridgehead atoms. The third-order valence-corrected chi connectivity index (χ3v) is 4.55. The molecule has 0 aliphatic heterocycles. The summed E-state index contributed by atoms with van der Waals surface area (Å²) in [4.78, 5) is 17.6. The number of hydrogen-bond acceptors (Lipinski definition) is 6. The second-order valence-corrected chi connectivity index (χ2v) is 6.78. The third-order valence-electron chi connectivity index (χ3n) is 4.55. The van der Waals surface area contributed by atoms with Crippen LogP contribution in [0.3, 0.4) is 0 Å². The van der Waals surface area contributed by atoms with Gasteiger partial charge in [-0.15, -0.1) is 0 Å². The van der Waals surface area contributed by atoms with Crippen molar-refractivity contribution < 1.29 is 5.11 Å². The summed E-state index contributed by atoms with van der Waals surface area (Å²) in [7, 11) is 0. The fourth-order valence-electron chi connectivity index (χ4n) is 3.02. The highest BCUT2D eigenvalue weighted by Crippen LogP contribution is 2.09. The van der Waals surface area contributed by atoms with E-state index in [4.69, 9.17) is 0 Å². The fraction of sp³-hybridized carbons (Fsp3) is 0.318. The minimum absolute atomic E-state index is 0.548. The smallest absolute Gasteiger partial charge is 0.104 e. The normalized spacial score (nSPS) is 12.4. The van der Waals surface area contributed by atoms with Gasteiger partial charge in [0, 0.05) is 51.3 Å². The number of hydrogen-bond donors (Lipinski definition) is 1. The Kier molecular flexibility index (Phi) is 7.61. The molecule has 6 nitrogen and oxygen atoms in total. The van der Waals surface area contributed by atoms with Crippen molar-refractivity contribution in [2.24, 2.45) is 0 Å². The summed E-state index contributed by atoms with van der Waals surface area (Å²) in [6, 6.07) is 17.8. The zero-order chi connectivity index (χ0) is 19.6. The summed E-state index contributed by atoms with van der Waals surface area (Å²) in [6.45, 7) is 5.37. The highest BCUT2D eigenvalue weighted by molar-refractivity contribution is 5.06. The molecule has 1 unspecified atom stereocenters. The quantitative estimate of drug-likeness (QED) is 0.548. The standard InChI is InChI=1S/C22H27N5O/c1-19(28)27(18-22-10-4-7-13-25-22)15-14-26(16-20-8-2-5-11-23-20)17-21-9-3-6-12-24-21/h2-13,19,28H,14-18H2,1H3. The largest absolute Gasteiger partial charge is 0.379 e. The van der Waals surface area contributed by atoms with Gasteiger partial charge >= 0.3 is 0 Å². The highest BCUT2D eigenvalue weighted by Gasteiger charge is 2.15. The first-order valence-corrected chi connectivity index (χ1v) is 9.55. The predicted octanol–water partition coefficient (Wildman–Crippen LogP) is 2.71. The molecule has 0 saturated carbocycles. The lowest BCUT2D eigenvalue weighted by Crippen LogP contribution is -2.39. The minimum Gasteiger partial charge on any atom is -0.379 e. The lowest BCUT2D eigenvalue weighted by Gasteiger charge is -2.29. The maximum absolute atomic E-state index is 10.2. The lowest BCUT2D eigenvalue weighted by molar-refractivity contribution is 0.00461.